The molecule has 82 valence electrons. The molecule has 1 atom stereocenters. The van der Waals surface area contributed by atoms with Crippen LogP contribution in [0, 0.1) is 0 Å². The minimum Gasteiger partial charge on any atom is -0.497 e. The molecule has 0 saturated carbocycles. The van der Waals surface area contributed by atoms with Gasteiger partial charge in [-0.05, 0) is 37.1 Å². The molecule has 2 nitrogen and oxygen atoms in total. The Hall–Kier alpha value is -1.02. The zero-order valence-electron chi connectivity index (χ0n) is 9.33. The van der Waals surface area contributed by atoms with Crippen molar-refractivity contribution >= 4 is 0 Å². The monoisotopic (exact) mass is 205 g/mol. The Morgan fingerprint density at radius 1 is 1.13 bits per heavy atom. The molecule has 0 spiro atoms. The second-order valence-corrected chi connectivity index (χ2v) is 4.13. The minimum absolute atomic E-state index is 0.540. The van der Waals surface area contributed by atoms with Gasteiger partial charge in [0.25, 0.3) is 0 Å². The maximum atomic E-state index is 5.16. The van der Waals surface area contributed by atoms with Crippen LogP contribution in [0.3, 0.4) is 0 Å². The molecule has 1 aliphatic rings. The third-order valence-corrected chi connectivity index (χ3v) is 3.08. The van der Waals surface area contributed by atoms with Crippen molar-refractivity contribution in [2.75, 3.05) is 13.7 Å². The molecule has 0 aliphatic carbocycles. The summed E-state index contributed by atoms with van der Waals surface area (Å²) in [6, 6.07) is 8.96. The Kier molecular flexibility index (Phi) is 3.62. The molecular formula is C13H19NO. The van der Waals surface area contributed by atoms with Crippen molar-refractivity contribution in [1.29, 1.82) is 0 Å². The van der Waals surface area contributed by atoms with Crippen molar-refractivity contribution in [3.8, 4) is 5.75 Å². The first-order valence-corrected chi connectivity index (χ1v) is 5.77. The fourth-order valence-corrected chi connectivity index (χ4v) is 2.15. The molecule has 1 aromatic rings. The van der Waals surface area contributed by atoms with Gasteiger partial charge in [-0.15, -0.1) is 0 Å². The lowest BCUT2D eigenvalue weighted by molar-refractivity contribution is 0.414. The lowest BCUT2D eigenvalue weighted by Gasteiger charge is -2.16. The van der Waals surface area contributed by atoms with Crippen LogP contribution in [-0.4, -0.2) is 13.7 Å². The van der Waals surface area contributed by atoms with Crippen molar-refractivity contribution in [2.24, 2.45) is 0 Å². The Bertz CT molecular complexity index is 286. The number of benzene rings is 1. The molecule has 1 fully saturated rings. The van der Waals surface area contributed by atoms with E-state index in [-0.39, 0.29) is 0 Å². The summed E-state index contributed by atoms with van der Waals surface area (Å²) in [5, 5.41) is 3.59. The molecule has 0 radical (unpaired) electrons. The Morgan fingerprint density at radius 2 is 1.93 bits per heavy atom. The molecular weight excluding hydrogens is 186 g/mol. The van der Waals surface area contributed by atoms with Crippen molar-refractivity contribution in [2.45, 2.75) is 31.7 Å². The van der Waals surface area contributed by atoms with Gasteiger partial charge in [-0.3, -0.25) is 0 Å². The van der Waals surface area contributed by atoms with Gasteiger partial charge in [-0.2, -0.15) is 0 Å². The summed E-state index contributed by atoms with van der Waals surface area (Å²) in [7, 11) is 1.71. The first-order chi connectivity index (χ1) is 7.40. The normalized spacial score (nSPS) is 22.1. The molecule has 0 aromatic heterocycles. The van der Waals surface area contributed by atoms with Gasteiger partial charge in [-0.1, -0.05) is 25.0 Å². The highest BCUT2D eigenvalue weighted by molar-refractivity contribution is 5.29. The van der Waals surface area contributed by atoms with Crippen LogP contribution in [0.2, 0.25) is 0 Å². The summed E-state index contributed by atoms with van der Waals surface area (Å²) >= 11 is 0. The quantitative estimate of drug-likeness (QED) is 0.801. The molecule has 1 aromatic carbocycles. The van der Waals surface area contributed by atoms with Crippen LogP contribution in [0.1, 0.15) is 37.3 Å². The first kappa shape index (κ1) is 10.5. The zero-order chi connectivity index (χ0) is 10.5. The van der Waals surface area contributed by atoms with E-state index in [1.807, 2.05) is 12.1 Å². The van der Waals surface area contributed by atoms with Crippen LogP contribution in [-0.2, 0) is 0 Å². The third-order valence-electron chi connectivity index (χ3n) is 3.08. The number of ether oxygens (including phenoxy) is 1. The van der Waals surface area contributed by atoms with Gasteiger partial charge >= 0.3 is 0 Å². The Labute approximate surface area is 91.6 Å². The number of rotatable bonds is 2. The smallest absolute Gasteiger partial charge is 0.118 e. The summed E-state index contributed by atoms with van der Waals surface area (Å²) in [4.78, 5) is 0. The molecule has 0 amide bonds. The highest BCUT2D eigenvalue weighted by Crippen LogP contribution is 2.24. The minimum atomic E-state index is 0.540. The summed E-state index contributed by atoms with van der Waals surface area (Å²) in [5.74, 6) is 0.937. The van der Waals surface area contributed by atoms with Crippen LogP contribution < -0.4 is 10.1 Å². The van der Waals surface area contributed by atoms with Gasteiger partial charge in [0.2, 0.25) is 0 Å². The topological polar surface area (TPSA) is 21.3 Å². The standard InChI is InChI=1S/C13H19NO/c1-15-12-8-6-11(7-9-12)13-5-3-2-4-10-14-13/h6-9,13-14H,2-5,10H2,1H3/t13-/m0/s1. The first-order valence-electron chi connectivity index (χ1n) is 5.77. The van der Waals surface area contributed by atoms with Crippen LogP contribution in [0.5, 0.6) is 5.75 Å². The molecule has 1 saturated heterocycles. The van der Waals surface area contributed by atoms with Gasteiger partial charge in [0, 0.05) is 6.04 Å². The predicted molar refractivity (Wildman–Crippen MR) is 62.2 cm³/mol. The molecule has 0 unspecified atom stereocenters. The van der Waals surface area contributed by atoms with E-state index in [2.05, 4.69) is 17.4 Å². The largest absolute Gasteiger partial charge is 0.497 e. The summed E-state index contributed by atoms with van der Waals surface area (Å²) in [5.41, 5.74) is 1.39. The van der Waals surface area contributed by atoms with E-state index in [1.165, 1.54) is 31.2 Å². The maximum absolute atomic E-state index is 5.16. The number of hydrogen-bond donors (Lipinski definition) is 1. The highest BCUT2D eigenvalue weighted by Gasteiger charge is 2.12. The number of nitrogens with one attached hydrogen (secondary N) is 1. The summed E-state index contributed by atoms with van der Waals surface area (Å²) < 4.78 is 5.16. The van der Waals surface area contributed by atoms with Gasteiger partial charge in [-0.25, -0.2) is 0 Å². The second-order valence-electron chi connectivity index (χ2n) is 4.13. The van der Waals surface area contributed by atoms with Crippen molar-refractivity contribution in [3.63, 3.8) is 0 Å². The van der Waals surface area contributed by atoms with E-state index in [4.69, 9.17) is 4.74 Å². The Balaban J connectivity index is 2.06. The molecule has 0 bridgehead atoms. The van der Waals surface area contributed by atoms with Crippen LogP contribution in [0.4, 0.5) is 0 Å². The van der Waals surface area contributed by atoms with E-state index in [9.17, 15) is 0 Å². The van der Waals surface area contributed by atoms with Crippen molar-refractivity contribution in [1.82, 2.24) is 5.32 Å². The molecule has 1 aliphatic heterocycles. The Morgan fingerprint density at radius 3 is 2.67 bits per heavy atom. The van der Waals surface area contributed by atoms with Gasteiger partial charge in [0.05, 0.1) is 7.11 Å². The fraction of sp³-hybridized carbons (Fsp3) is 0.538. The summed E-state index contributed by atoms with van der Waals surface area (Å²) in [6.45, 7) is 1.15. The van der Waals surface area contributed by atoms with E-state index >= 15 is 0 Å². The van der Waals surface area contributed by atoms with Crippen LogP contribution in [0.15, 0.2) is 24.3 Å². The van der Waals surface area contributed by atoms with Crippen molar-refractivity contribution in [3.05, 3.63) is 29.8 Å². The van der Waals surface area contributed by atoms with Gasteiger partial charge in [0.15, 0.2) is 0 Å². The fourth-order valence-electron chi connectivity index (χ4n) is 2.15. The van der Waals surface area contributed by atoms with Crippen LogP contribution in [0.25, 0.3) is 0 Å². The third kappa shape index (κ3) is 2.72. The van der Waals surface area contributed by atoms with E-state index < -0.39 is 0 Å². The summed E-state index contributed by atoms with van der Waals surface area (Å²) in [6.07, 6.45) is 5.27. The lowest BCUT2D eigenvalue weighted by Crippen LogP contribution is -2.20. The second kappa shape index (κ2) is 5.17. The van der Waals surface area contributed by atoms with Gasteiger partial charge in [0.1, 0.15) is 5.75 Å². The maximum Gasteiger partial charge on any atom is 0.118 e. The average Bonchev–Trinajstić information content (AvgIpc) is 2.58. The molecule has 15 heavy (non-hydrogen) atoms. The van der Waals surface area contributed by atoms with Gasteiger partial charge < -0.3 is 10.1 Å². The molecule has 2 heteroatoms. The van der Waals surface area contributed by atoms with E-state index in [0.717, 1.165) is 12.3 Å². The molecule has 1 heterocycles. The SMILES string of the molecule is COc1ccc([C@@H]2CCCCCN2)cc1. The predicted octanol–water partition coefficient (Wildman–Crippen LogP) is 2.90. The molecule has 2 rings (SSSR count). The van der Waals surface area contributed by atoms with E-state index in [0.29, 0.717) is 6.04 Å². The van der Waals surface area contributed by atoms with Crippen molar-refractivity contribution < 1.29 is 4.74 Å². The van der Waals surface area contributed by atoms with Crippen LogP contribution >= 0.6 is 0 Å². The number of hydrogen-bond acceptors (Lipinski definition) is 2. The average molecular weight is 205 g/mol. The molecule has 1 N–H and O–H groups in total. The zero-order valence-corrected chi connectivity index (χ0v) is 9.33. The number of methoxy groups -OCH3 is 1. The van der Waals surface area contributed by atoms with E-state index in [1.54, 1.807) is 7.11 Å². The lowest BCUT2D eigenvalue weighted by atomic mass is 10.0. The highest BCUT2D eigenvalue weighted by atomic mass is 16.5.